The van der Waals surface area contributed by atoms with Gasteiger partial charge in [0.1, 0.15) is 11.8 Å². The van der Waals surface area contributed by atoms with Crippen molar-refractivity contribution in [2.24, 2.45) is 0 Å². The Morgan fingerprint density at radius 2 is 1.77 bits per heavy atom. The second-order valence-corrected chi connectivity index (χ2v) is 7.83. The average molecular weight is 421 g/mol. The molecule has 162 valence electrons. The highest BCUT2D eigenvalue weighted by Crippen LogP contribution is 2.22. The number of aromatic amines is 1. The van der Waals surface area contributed by atoms with Crippen molar-refractivity contribution in [3.8, 4) is 5.75 Å². The number of rotatable bonds is 6. The molecule has 2 amide bonds. The Hall–Kier alpha value is -3.48. The fourth-order valence-electron chi connectivity index (χ4n) is 4.16. The predicted molar refractivity (Wildman–Crippen MR) is 121 cm³/mol. The summed E-state index contributed by atoms with van der Waals surface area (Å²) in [5, 5.41) is 3.94. The van der Waals surface area contributed by atoms with E-state index in [1.54, 1.807) is 7.11 Å². The van der Waals surface area contributed by atoms with Gasteiger partial charge in [0.2, 0.25) is 11.8 Å². The van der Waals surface area contributed by atoms with Crippen molar-refractivity contribution in [2.45, 2.75) is 19.4 Å². The van der Waals surface area contributed by atoms with Crippen LogP contribution in [-0.2, 0) is 16.0 Å². The van der Waals surface area contributed by atoms with Crippen LogP contribution in [0.25, 0.3) is 10.9 Å². The molecule has 1 aliphatic rings. The Kier molecular flexibility index (Phi) is 6.11. The molecular formula is C24H28N4O3. The molecule has 0 saturated carbocycles. The van der Waals surface area contributed by atoms with Crippen molar-refractivity contribution in [3.05, 3.63) is 60.3 Å². The summed E-state index contributed by atoms with van der Waals surface area (Å²) in [5.74, 6) is 0.595. The highest BCUT2D eigenvalue weighted by molar-refractivity contribution is 5.89. The number of nitrogens with zero attached hydrogens (tertiary/aromatic N) is 2. The number of carbonyl (C=O) groups is 2. The fourth-order valence-corrected chi connectivity index (χ4v) is 4.16. The van der Waals surface area contributed by atoms with Gasteiger partial charge in [-0.1, -0.05) is 18.2 Å². The lowest BCUT2D eigenvalue weighted by atomic mass is 10.0. The van der Waals surface area contributed by atoms with Gasteiger partial charge in [0, 0.05) is 62.3 Å². The Labute approximate surface area is 182 Å². The fraction of sp³-hybridized carbons (Fsp3) is 0.333. The molecular weight excluding hydrogens is 392 g/mol. The number of H-pyrrole nitrogens is 1. The minimum atomic E-state index is -0.579. The number of piperazine rings is 1. The number of para-hydroxylation sites is 1. The van der Waals surface area contributed by atoms with Crippen LogP contribution in [0.15, 0.2) is 54.7 Å². The molecule has 31 heavy (non-hydrogen) atoms. The quantitative estimate of drug-likeness (QED) is 0.643. The van der Waals surface area contributed by atoms with E-state index in [-0.39, 0.29) is 11.8 Å². The number of nitrogens with one attached hydrogen (secondary N) is 2. The highest BCUT2D eigenvalue weighted by atomic mass is 16.5. The van der Waals surface area contributed by atoms with Crippen molar-refractivity contribution >= 4 is 28.4 Å². The molecule has 1 fully saturated rings. The van der Waals surface area contributed by atoms with Crippen molar-refractivity contribution < 1.29 is 14.3 Å². The van der Waals surface area contributed by atoms with Crippen molar-refractivity contribution in [1.29, 1.82) is 0 Å². The van der Waals surface area contributed by atoms with E-state index < -0.39 is 6.04 Å². The first-order chi connectivity index (χ1) is 15.0. The summed E-state index contributed by atoms with van der Waals surface area (Å²) in [6.07, 6.45) is 2.38. The van der Waals surface area contributed by atoms with Crippen LogP contribution in [0.1, 0.15) is 12.5 Å². The van der Waals surface area contributed by atoms with Crippen molar-refractivity contribution in [3.63, 3.8) is 0 Å². The minimum absolute atomic E-state index is 0.0325. The van der Waals surface area contributed by atoms with E-state index >= 15 is 0 Å². The first kappa shape index (κ1) is 20.8. The molecule has 4 rings (SSSR count). The molecule has 7 nitrogen and oxygen atoms in total. The van der Waals surface area contributed by atoms with Crippen LogP contribution in [0.4, 0.5) is 5.69 Å². The molecule has 1 aromatic heterocycles. The van der Waals surface area contributed by atoms with Gasteiger partial charge in [-0.2, -0.15) is 0 Å². The molecule has 2 aromatic carbocycles. The molecule has 0 bridgehead atoms. The number of anilines is 1. The number of methoxy groups -OCH3 is 1. The summed E-state index contributed by atoms with van der Waals surface area (Å²) in [6.45, 7) is 4.19. The molecule has 0 unspecified atom stereocenters. The average Bonchev–Trinajstić information content (AvgIpc) is 3.21. The summed E-state index contributed by atoms with van der Waals surface area (Å²) in [4.78, 5) is 32.5. The maximum Gasteiger partial charge on any atom is 0.245 e. The van der Waals surface area contributed by atoms with Crippen LogP contribution in [-0.4, -0.2) is 61.0 Å². The Morgan fingerprint density at radius 3 is 2.45 bits per heavy atom. The first-order valence-electron chi connectivity index (χ1n) is 10.5. The normalized spacial score (nSPS) is 15.0. The van der Waals surface area contributed by atoms with Crippen molar-refractivity contribution in [2.75, 3.05) is 38.2 Å². The van der Waals surface area contributed by atoms with Gasteiger partial charge >= 0.3 is 0 Å². The lowest BCUT2D eigenvalue weighted by Gasteiger charge is -2.37. The zero-order valence-corrected chi connectivity index (χ0v) is 17.9. The molecule has 7 heteroatoms. The smallest absolute Gasteiger partial charge is 0.245 e. The van der Waals surface area contributed by atoms with E-state index in [2.05, 4.69) is 15.2 Å². The molecule has 1 aliphatic heterocycles. The van der Waals surface area contributed by atoms with Crippen LogP contribution in [0, 0.1) is 0 Å². The molecule has 3 aromatic rings. The van der Waals surface area contributed by atoms with Gasteiger partial charge in [0.15, 0.2) is 0 Å². The topological polar surface area (TPSA) is 77.7 Å². The molecule has 0 spiro atoms. The third kappa shape index (κ3) is 4.66. The van der Waals surface area contributed by atoms with Gasteiger partial charge in [-0.25, -0.2) is 0 Å². The van der Waals surface area contributed by atoms with Gasteiger partial charge in [0.05, 0.1) is 7.11 Å². The predicted octanol–water partition coefficient (Wildman–Crippen LogP) is 2.57. The Bertz CT molecular complexity index is 1050. The lowest BCUT2D eigenvalue weighted by molar-refractivity contribution is -0.136. The van der Waals surface area contributed by atoms with Gasteiger partial charge in [-0.3, -0.25) is 9.59 Å². The van der Waals surface area contributed by atoms with Crippen molar-refractivity contribution in [1.82, 2.24) is 15.2 Å². The van der Waals surface area contributed by atoms with E-state index in [9.17, 15) is 9.59 Å². The van der Waals surface area contributed by atoms with Crippen LogP contribution in [0.2, 0.25) is 0 Å². The van der Waals surface area contributed by atoms with Crippen LogP contribution < -0.4 is 15.0 Å². The number of ether oxygens (including phenoxy) is 1. The molecule has 0 radical (unpaired) electrons. The third-order valence-corrected chi connectivity index (χ3v) is 5.80. The Morgan fingerprint density at radius 1 is 1.06 bits per heavy atom. The number of benzene rings is 2. The highest BCUT2D eigenvalue weighted by Gasteiger charge is 2.29. The van der Waals surface area contributed by atoms with Gasteiger partial charge in [-0.15, -0.1) is 0 Å². The van der Waals surface area contributed by atoms with E-state index in [1.807, 2.05) is 59.6 Å². The van der Waals surface area contributed by atoms with E-state index in [0.29, 0.717) is 19.5 Å². The lowest BCUT2D eigenvalue weighted by Crippen LogP contribution is -2.55. The second kappa shape index (κ2) is 9.12. The zero-order valence-electron chi connectivity index (χ0n) is 17.9. The standard InChI is InChI=1S/C24H28N4O3/c1-17(29)26-23(15-18-16-25-22-6-4-3-5-21(18)22)24(30)28-13-11-27(12-14-28)19-7-9-20(31-2)10-8-19/h3-10,16,23,25H,11-15H2,1-2H3,(H,26,29)/t23-/m0/s1. The van der Waals surface area contributed by atoms with E-state index in [0.717, 1.165) is 41.0 Å². The summed E-state index contributed by atoms with van der Waals surface area (Å²) < 4.78 is 5.22. The van der Waals surface area contributed by atoms with E-state index in [4.69, 9.17) is 4.74 Å². The number of aromatic nitrogens is 1. The molecule has 2 N–H and O–H groups in total. The molecule has 0 aliphatic carbocycles. The third-order valence-electron chi connectivity index (χ3n) is 5.80. The number of carbonyl (C=O) groups excluding carboxylic acids is 2. The largest absolute Gasteiger partial charge is 0.497 e. The molecule has 1 atom stereocenters. The number of fused-ring (bicyclic) bond motifs is 1. The SMILES string of the molecule is COc1ccc(N2CCN(C(=O)[C@H](Cc3c[nH]c4ccccc34)NC(C)=O)CC2)cc1. The minimum Gasteiger partial charge on any atom is -0.497 e. The molecule has 1 saturated heterocycles. The maximum absolute atomic E-state index is 13.3. The first-order valence-corrected chi connectivity index (χ1v) is 10.5. The monoisotopic (exact) mass is 420 g/mol. The van der Waals surface area contributed by atoms with Gasteiger partial charge in [-0.05, 0) is 35.9 Å². The molecule has 2 heterocycles. The van der Waals surface area contributed by atoms with Gasteiger partial charge in [0.25, 0.3) is 0 Å². The summed E-state index contributed by atoms with van der Waals surface area (Å²) >= 11 is 0. The summed E-state index contributed by atoms with van der Waals surface area (Å²) in [5.41, 5.74) is 3.17. The van der Waals surface area contributed by atoms with E-state index in [1.165, 1.54) is 6.92 Å². The summed E-state index contributed by atoms with van der Waals surface area (Å²) in [6, 6.07) is 15.4. The Balaban J connectivity index is 1.43. The van der Waals surface area contributed by atoms with Crippen LogP contribution in [0.3, 0.4) is 0 Å². The number of hydrogen-bond acceptors (Lipinski definition) is 4. The second-order valence-electron chi connectivity index (χ2n) is 7.83. The number of amides is 2. The number of hydrogen-bond donors (Lipinski definition) is 2. The van der Waals surface area contributed by atoms with Crippen LogP contribution >= 0.6 is 0 Å². The maximum atomic E-state index is 13.3. The van der Waals surface area contributed by atoms with Gasteiger partial charge < -0.3 is 24.8 Å². The summed E-state index contributed by atoms with van der Waals surface area (Å²) in [7, 11) is 1.65. The van der Waals surface area contributed by atoms with Crippen LogP contribution in [0.5, 0.6) is 5.75 Å². The zero-order chi connectivity index (χ0) is 21.8.